The van der Waals surface area contributed by atoms with Crippen molar-refractivity contribution in [3.05, 3.63) is 53.5 Å². The summed E-state index contributed by atoms with van der Waals surface area (Å²) in [7, 11) is 0. The van der Waals surface area contributed by atoms with Crippen LogP contribution in [0.4, 0.5) is 5.69 Å². The number of amides is 1. The van der Waals surface area contributed by atoms with Crippen molar-refractivity contribution in [2.45, 2.75) is 12.8 Å². The second kappa shape index (κ2) is 6.71. The van der Waals surface area contributed by atoms with Gasteiger partial charge in [-0.15, -0.1) is 0 Å². The summed E-state index contributed by atoms with van der Waals surface area (Å²) in [5.74, 6) is -2.08. The van der Waals surface area contributed by atoms with Crippen molar-refractivity contribution in [1.29, 1.82) is 0 Å². The fourth-order valence-electron chi connectivity index (χ4n) is 1.86. The van der Waals surface area contributed by atoms with Gasteiger partial charge in [-0.25, -0.2) is 4.79 Å². The molecule has 0 saturated carbocycles. The summed E-state index contributed by atoms with van der Waals surface area (Å²) in [6, 6.07) is 9.77. The van der Waals surface area contributed by atoms with Crippen LogP contribution < -0.4 is 5.32 Å². The van der Waals surface area contributed by atoms with Crippen LogP contribution in [0.5, 0.6) is 0 Å². The van der Waals surface area contributed by atoms with Crippen molar-refractivity contribution in [1.82, 2.24) is 0 Å². The lowest BCUT2D eigenvalue weighted by Gasteiger charge is -2.06. The first kappa shape index (κ1) is 14.8. The van der Waals surface area contributed by atoms with Crippen LogP contribution in [0.15, 0.2) is 40.8 Å². The Morgan fingerprint density at radius 2 is 1.90 bits per heavy atom. The Morgan fingerprint density at radius 1 is 1.14 bits per heavy atom. The molecule has 6 heteroatoms. The second-order valence-corrected chi connectivity index (χ2v) is 4.45. The van der Waals surface area contributed by atoms with Gasteiger partial charge in [-0.2, -0.15) is 0 Å². The van der Waals surface area contributed by atoms with Crippen LogP contribution in [-0.2, 0) is 6.42 Å². The normalized spacial score (nSPS) is 10.3. The fraction of sp³-hybridized carbons (Fsp3) is 0.200. The molecule has 1 aromatic heterocycles. The van der Waals surface area contributed by atoms with Crippen LogP contribution >= 0.6 is 0 Å². The first-order valence-corrected chi connectivity index (χ1v) is 6.44. The van der Waals surface area contributed by atoms with Crippen LogP contribution in [0.3, 0.4) is 0 Å². The van der Waals surface area contributed by atoms with Gasteiger partial charge < -0.3 is 19.9 Å². The third kappa shape index (κ3) is 3.93. The highest BCUT2D eigenvalue weighted by Crippen LogP contribution is 2.15. The van der Waals surface area contributed by atoms with Crippen molar-refractivity contribution < 1.29 is 24.2 Å². The second-order valence-electron chi connectivity index (χ2n) is 4.45. The maximum absolute atomic E-state index is 11.9. The van der Waals surface area contributed by atoms with E-state index in [1.54, 1.807) is 18.2 Å². The molecule has 0 spiro atoms. The molecule has 0 saturated heterocycles. The summed E-state index contributed by atoms with van der Waals surface area (Å²) in [4.78, 5) is 22.6. The highest BCUT2D eigenvalue weighted by Gasteiger charge is 2.15. The Labute approximate surface area is 121 Å². The first-order valence-electron chi connectivity index (χ1n) is 6.44. The van der Waals surface area contributed by atoms with E-state index in [2.05, 4.69) is 5.32 Å². The zero-order valence-electron chi connectivity index (χ0n) is 11.2. The Morgan fingerprint density at radius 3 is 2.57 bits per heavy atom. The summed E-state index contributed by atoms with van der Waals surface area (Å²) in [6.45, 7) is 0.112. The van der Waals surface area contributed by atoms with Gasteiger partial charge in [0.05, 0.1) is 0 Å². The monoisotopic (exact) mass is 289 g/mol. The topological polar surface area (TPSA) is 99.8 Å². The van der Waals surface area contributed by atoms with Crippen LogP contribution in [0.25, 0.3) is 0 Å². The molecule has 1 heterocycles. The van der Waals surface area contributed by atoms with Gasteiger partial charge >= 0.3 is 5.97 Å². The Hall–Kier alpha value is -2.60. The molecule has 0 bridgehead atoms. The van der Waals surface area contributed by atoms with E-state index in [-0.39, 0.29) is 18.1 Å². The largest absolute Gasteiger partial charge is 0.475 e. The Balaban J connectivity index is 2.06. The van der Waals surface area contributed by atoms with Gasteiger partial charge in [-0.05, 0) is 42.7 Å². The number of hydrogen-bond donors (Lipinski definition) is 3. The summed E-state index contributed by atoms with van der Waals surface area (Å²) in [5.41, 5.74) is 1.58. The van der Waals surface area contributed by atoms with E-state index in [0.717, 1.165) is 5.56 Å². The molecule has 0 aliphatic rings. The van der Waals surface area contributed by atoms with E-state index < -0.39 is 11.9 Å². The number of rotatable bonds is 6. The van der Waals surface area contributed by atoms with Crippen LogP contribution in [-0.4, -0.2) is 28.7 Å². The average molecular weight is 289 g/mol. The highest BCUT2D eigenvalue weighted by atomic mass is 16.4. The third-order valence-electron chi connectivity index (χ3n) is 2.85. The zero-order valence-corrected chi connectivity index (χ0v) is 11.2. The minimum Gasteiger partial charge on any atom is -0.475 e. The molecular formula is C15H15NO5. The summed E-state index contributed by atoms with van der Waals surface area (Å²) in [6.07, 6.45) is 1.36. The predicted molar refractivity (Wildman–Crippen MR) is 75.5 cm³/mol. The molecule has 0 radical (unpaired) electrons. The molecule has 0 aliphatic heterocycles. The molecular weight excluding hydrogens is 274 g/mol. The lowest BCUT2D eigenvalue weighted by atomic mass is 10.1. The van der Waals surface area contributed by atoms with E-state index in [4.69, 9.17) is 14.6 Å². The molecule has 0 fully saturated rings. The minimum absolute atomic E-state index is 0.0619. The molecule has 110 valence electrons. The molecule has 0 atom stereocenters. The number of aliphatic hydroxyl groups is 1. The van der Waals surface area contributed by atoms with Crippen molar-refractivity contribution >= 4 is 17.6 Å². The number of furan rings is 1. The Bertz CT molecular complexity index is 647. The average Bonchev–Trinajstić information content (AvgIpc) is 2.95. The molecule has 6 nitrogen and oxygen atoms in total. The number of carbonyl (C=O) groups is 2. The van der Waals surface area contributed by atoms with E-state index in [1.807, 2.05) is 6.07 Å². The maximum atomic E-state index is 11.9. The summed E-state index contributed by atoms with van der Waals surface area (Å²) < 4.78 is 4.93. The van der Waals surface area contributed by atoms with Crippen molar-refractivity contribution in [2.24, 2.45) is 0 Å². The van der Waals surface area contributed by atoms with Gasteiger partial charge in [-0.3, -0.25) is 4.79 Å². The number of nitrogens with one attached hydrogen (secondary N) is 1. The lowest BCUT2D eigenvalue weighted by Crippen LogP contribution is -2.11. The number of benzene rings is 1. The third-order valence-corrected chi connectivity index (χ3v) is 2.85. The number of carboxylic acids is 1. The lowest BCUT2D eigenvalue weighted by molar-refractivity contribution is 0.0660. The van der Waals surface area contributed by atoms with Crippen molar-refractivity contribution in [2.75, 3.05) is 11.9 Å². The molecule has 1 amide bonds. The molecule has 21 heavy (non-hydrogen) atoms. The Kier molecular flexibility index (Phi) is 4.73. The van der Waals surface area contributed by atoms with Crippen LogP contribution in [0, 0.1) is 0 Å². The zero-order chi connectivity index (χ0) is 15.2. The van der Waals surface area contributed by atoms with Gasteiger partial charge in [0.25, 0.3) is 5.91 Å². The van der Waals surface area contributed by atoms with Gasteiger partial charge in [0.2, 0.25) is 5.76 Å². The predicted octanol–water partition coefficient (Wildman–Crippen LogP) is 2.16. The summed E-state index contributed by atoms with van der Waals surface area (Å²) >= 11 is 0. The highest BCUT2D eigenvalue weighted by molar-refractivity contribution is 6.02. The molecule has 0 unspecified atom stereocenters. The number of hydrogen-bond acceptors (Lipinski definition) is 4. The molecule has 2 aromatic rings. The van der Waals surface area contributed by atoms with E-state index in [9.17, 15) is 9.59 Å². The standard InChI is InChI=1S/C15H15NO5/c17-8-2-4-10-3-1-5-11(9-10)16-14(18)12-6-7-13(21-12)15(19)20/h1,3,5-7,9,17H,2,4,8H2,(H,16,18)(H,19,20). The number of carbonyl (C=O) groups excluding carboxylic acids is 1. The molecule has 2 rings (SSSR count). The quantitative estimate of drug-likeness (QED) is 0.756. The van der Waals surface area contributed by atoms with Gasteiger partial charge in [0.1, 0.15) is 0 Å². The number of aliphatic hydroxyl groups excluding tert-OH is 1. The molecule has 3 N–H and O–H groups in total. The van der Waals surface area contributed by atoms with Crippen LogP contribution in [0.2, 0.25) is 0 Å². The van der Waals surface area contributed by atoms with Gasteiger partial charge in [0, 0.05) is 12.3 Å². The van der Waals surface area contributed by atoms with Gasteiger partial charge in [0.15, 0.2) is 5.76 Å². The van der Waals surface area contributed by atoms with E-state index in [1.165, 1.54) is 12.1 Å². The van der Waals surface area contributed by atoms with E-state index >= 15 is 0 Å². The van der Waals surface area contributed by atoms with Gasteiger partial charge in [-0.1, -0.05) is 12.1 Å². The maximum Gasteiger partial charge on any atom is 0.371 e. The molecule has 0 aliphatic carbocycles. The smallest absolute Gasteiger partial charge is 0.371 e. The number of aryl methyl sites for hydroxylation is 1. The number of carboxylic acid groups (broad SMARTS) is 1. The van der Waals surface area contributed by atoms with Crippen LogP contribution in [0.1, 0.15) is 33.1 Å². The fourth-order valence-corrected chi connectivity index (χ4v) is 1.86. The minimum atomic E-state index is -1.22. The van der Waals surface area contributed by atoms with Crippen molar-refractivity contribution in [3.63, 3.8) is 0 Å². The molecule has 1 aromatic carbocycles. The summed E-state index contributed by atoms with van der Waals surface area (Å²) in [5, 5.41) is 20.2. The first-order chi connectivity index (χ1) is 10.1. The SMILES string of the molecule is O=C(O)c1ccc(C(=O)Nc2cccc(CCCO)c2)o1. The number of aromatic carboxylic acids is 1. The van der Waals surface area contributed by atoms with E-state index in [0.29, 0.717) is 18.5 Å². The van der Waals surface area contributed by atoms with Crippen molar-refractivity contribution in [3.8, 4) is 0 Å². The number of anilines is 1.